The third-order valence-corrected chi connectivity index (χ3v) is 2.94. The van der Waals surface area contributed by atoms with Crippen molar-refractivity contribution in [3.8, 4) is 0 Å². The Kier molecular flexibility index (Phi) is 2.36. The summed E-state index contributed by atoms with van der Waals surface area (Å²) in [6, 6.07) is 5.75. The zero-order valence-corrected chi connectivity index (χ0v) is 8.95. The van der Waals surface area contributed by atoms with Gasteiger partial charge < -0.3 is 16.0 Å². The van der Waals surface area contributed by atoms with Crippen LogP contribution in [-0.4, -0.2) is 19.0 Å². The lowest BCUT2D eigenvalue weighted by Crippen LogP contribution is -2.44. The number of nitrogens with zero attached hydrogens (tertiary/aromatic N) is 1. The second-order valence-electron chi connectivity index (χ2n) is 3.79. The van der Waals surface area contributed by atoms with E-state index in [-0.39, 0.29) is 11.9 Å². The van der Waals surface area contributed by atoms with Crippen LogP contribution in [0, 0.1) is 0 Å². The highest BCUT2D eigenvalue weighted by molar-refractivity contribution is 6.04. The Hall–Kier alpha value is -1.55. The van der Waals surface area contributed by atoms with E-state index in [9.17, 15) is 4.79 Å². The van der Waals surface area contributed by atoms with Crippen molar-refractivity contribution < 1.29 is 4.79 Å². The van der Waals surface area contributed by atoms with Crippen molar-refractivity contribution in [1.82, 2.24) is 0 Å². The second-order valence-corrected chi connectivity index (χ2v) is 3.79. The summed E-state index contributed by atoms with van der Waals surface area (Å²) in [5.41, 5.74) is 8.49. The highest BCUT2D eigenvalue weighted by Gasteiger charge is 2.27. The van der Waals surface area contributed by atoms with Crippen LogP contribution in [0.4, 0.5) is 11.4 Å². The Bertz CT molecular complexity index is 403. The molecular formula is C11H15N3O. The first-order chi connectivity index (χ1) is 7.15. The zero-order valence-electron chi connectivity index (χ0n) is 8.95. The van der Waals surface area contributed by atoms with E-state index in [0.717, 1.165) is 16.9 Å². The van der Waals surface area contributed by atoms with Gasteiger partial charge in [0.2, 0.25) is 5.91 Å². The number of para-hydroxylation sites is 1. The first-order valence-corrected chi connectivity index (χ1v) is 5.00. The lowest BCUT2D eigenvalue weighted by atomic mass is 10.1. The van der Waals surface area contributed by atoms with Gasteiger partial charge in [-0.1, -0.05) is 12.1 Å². The van der Waals surface area contributed by atoms with Gasteiger partial charge in [0.15, 0.2) is 0 Å². The van der Waals surface area contributed by atoms with Crippen molar-refractivity contribution in [2.75, 3.05) is 17.3 Å². The van der Waals surface area contributed by atoms with Gasteiger partial charge in [0.1, 0.15) is 6.04 Å². The molecule has 1 aliphatic rings. The van der Waals surface area contributed by atoms with Crippen molar-refractivity contribution >= 4 is 17.3 Å². The topological polar surface area (TPSA) is 58.4 Å². The molecule has 2 rings (SSSR count). The van der Waals surface area contributed by atoms with Gasteiger partial charge in [-0.2, -0.15) is 0 Å². The number of carbonyl (C=O) groups excluding carboxylic acids is 1. The van der Waals surface area contributed by atoms with Crippen LogP contribution in [0.15, 0.2) is 18.2 Å². The molecule has 0 bridgehead atoms. The smallest absolute Gasteiger partial charge is 0.246 e. The fourth-order valence-corrected chi connectivity index (χ4v) is 1.81. The molecule has 1 atom stereocenters. The largest absolute Gasteiger partial charge is 0.361 e. The van der Waals surface area contributed by atoms with Crippen LogP contribution in [0.2, 0.25) is 0 Å². The Morgan fingerprint density at radius 2 is 2.27 bits per heavy atom. The number of benzene rings is 1. The quantitative estimate of drug-likeness (QED) is 0.716. The molecule has 1 unspecified atom stereocenters. The summed E-state index contributed by atoms with van der Waals surface area (Å²) in [6.07, 6.45) is 0. The third-order valence-electron chi connectivity index (χ3n) is 2.94. The normalized spacial score (nSPS) is 19.8. The van der Waals surface area contributed by atoms with E-state index in [0.29, 0.717) is 6.54 Å². The number of anilines is 2. The molecule has 0 fully saturated rings. The van der Waals surface area contributed by atoms with Gasteiger partial charge in [-0.3, -0.25) is 4.79 Å². The third kappa shape index (κ3) is 1.47. The number of rotatable bonds is 1. The first kappa shape index (κ1) is 9.98. The summed E-state index contributed by atoms with van der Waals surface area (Å²) in [5, 5.41) is 2.90. The van der Waals surface area contributed by atoms with Crippen LogP contribution >= 0.6 is 0 Å². The molecule has 0 spiro atoms. The summed E-state index contributed by atoms with van der Waals surface area (Å²) in [7, 11) is 1.92. The monoisotopic (exact) mass is 205 g/mol. The predicted octanol–water partition coefficient (Wildman–Crippen LogP) is 0.922. The predicted molar refractivity (Wildman–Crippen MR) is 60.8 cm³/mol. The molecular weight excluding hydrogens is 190 g/mol. The summed E-state index contributed by atoms with van der Waals surface area (Å²) in [5.74, 6) is 0.0194. The van der Waals surface area contributed by atoms with Crippen LogP contribution < -0.4 is 16.0 Å². The minimum Gasteiger partial charge on any atom is -0.361 e. The van der Waals surface area contributed by atoms with Gasteiger partial charge in [-0.15, -0.1) is 0 Å². The van der Waals surface area contributed by atoms with E-state index in [1.807, 2.05) is 37.1 Å². The SMILES string of the molecule is CC1C(=O)Nc2c(CN)cccc2N1C. The van der Waals surface area contributed by atoms with Gasteiger partial charge in [0.25, 0.3) is 0 Å². The number of fused-ring (bicyclic) bond motifs is 1. The van der Waals surface area contributed by atoms with E-state index in [2.05, 4.69) is 5.32 Å². The van der Waals surface area contributed by atoms with E-state index >= 15 is 0 Å². The van der Waals surface area contributed by atoms with E-state index in [1.165, 1.54) is 0 Å². The highest BCUT2D eigenvalue weighted by atomic mass is 16.2. The van der Waals surface area contributed by atoms with Crippen LogP contribution in [-0.2, 0) is 11.3 Å². The molecule has 0 aliphatic carbocycles. The summed E-state index contributed by atoms with van der Waals surface area (Å²) >= 11 is 0. The first-order valence-electron chi connectivity index (χ1n) is 5.00. The molecule has 0 radical (unpaired) electrons. The minimum absolute atomic E-state index is 0.0194. The van der Waals surface area contributed by atoms with Crippen molar-refractivity contribution in [3.05, 3.63) is 23.8 Å². The fraction of sp³-hybridized carbons (Fsp3) is 0.364. The number of hydrogen-bond donors (Lipinski definition) is 2. The standard InChI is InChI=1S/C11H15N3O/c1-7-11(15)13-10-8(6-12)4-3-5-9(10)14(7)2/h3-5,7H,6,12H2,1-2H3,(H,13,15). The average molecular weight is 205 g/mol. The molecule has 1 aliphatic heterocycles. The van der Waals surface area contributed by atoms with Gasteiger partial charge in [-0.05, 0) is 18.6 Å². The Balaban J connectivity index is 2.54. The number of nitrogens with one attached hydrogen (secondary N) is 1. The molecule has 0 saturated carbocycles. The van der Waals surface area contributed by atoms with Crippen molar-refractivity contribution in [2.24, 2.45) is 5.73 Å². The van der Waals surface area contributed by atoms with Crippen LogP contribution in [0.3, 0.4) is 0 Å². The molecule has 80 valence electrons. The average Bonchev–Trinajstić information content (AvgIpc) is 2.25. The van der Waals surface area contributed by atoms with Crippen LogP contribution in [0.25, 0.3) is 0 Å². The van der Waals surface area contributed by atoms with E-state index in [4.69, 9.17) is 5.73 Å². The lowest BCUT2D eigenvalue weighted by molar-refractivity contribution is -0.117. The molecule has 0 saturated heterocycles. The lowest BCUT2D eigenvalue weighted by Gasteiger charge is -2.34. The number of hydrogen-bond acceptors (Lipinski definition) is 3. The summed E-state index contributed by atoms with van der Waals surface area (Å²) in [4.78, 5) is 13.6. The number of nitrogens with two attached hydrogens (primary N) is 1. The summed E-state index contributed by atoms with van der Waals surface area (Å²) in [6.45, 7) is 2.32. The Morgan fingerprint density at radius 1 is 1.53 bits per heavy atom. The van der Waals surface area contributed by atoms with E-state index < -0.39 is 0 Å². The maximum Gasteiger partial charge on any atom is 0.246 e. The molecule has 1 amide bonds. The molecule has 0 aromatic heterocycles. The Labute approximate surface area is 89.1 Å². The zero-order chi connectivity index (χ0) is 11.0. The molecule has 1 aromatic rings. The summed E-state index contributed by atoms with van der Waals surface area (Å²) < 4.78 is 0. The highest BCUT2D eigenvalue weighted by Crippen LogP contribution is 2.33. The molecule has 1 aromatic carbocycles. The van der Waals surface area contributed by atoms with Crippen molar-refractivity contribution in [3.63, 3.8) is 0 Å². The van der Waals surface area contributed by atoms with Gasteiger partial charge in [0, 0.05) is 13.6 Å². The Morgan fingerprint density at radius 3 is 2.93 bits per heavy atom. The maximum absolute atomic E-state index is 11.6. The van der Waals surface area contributed by atoms with Crippen molar-refractivity contribution in [1.29, 1.82) is 0 Å². The second kappa shape index (κ2) is 3.55. The van der Waals surface area contributed by atoms with Gasteiger partial charge >= 0.3 is 0 Å². The molecule has 15 heavy (non-hydrogen) atoms. The van der Waals surface area contributed by atoms with Crippen LogP contribution in [0.1, 0.15) is 12.5 Å². The van der Waals surface area contributed by atoms with Crippen molar-refractivity contribution in [2.45, 2.75) is 19.5 Å². The molecule has 4 heteroatoms. The molecule has 4 nitrogen and oxygen atoms in total. The molecule has 1 heterocycles. The van der Waals surface area contributed by atoms with Gasteiger partial charge in [-0.25, -0.2) is 0 Å². The maximum atomic E-state index is 11.6. The van der Waals surface area contributed by atoms with Crippen LogP contribution in [0.5, 0.6) is 0 Å². The number of carbonyl (C=O) groups is 1. The number of amides is 1. The number of likely N-dealkylation sites (N-methyl/N-ethyl adjacent to an activating group) is 1. The van der Waals surface area contributed by atoms with Gasteiger partial charge in [0.05, 0.1) is 11.4 Å². The fourth-order valence-electron chi connectivity index (χ4n) is 1.81. The van der Waals surface area contributed by atoms with E-state index in [1.54, 1.807) is 0 Å². The minimum atomic E-state index is -0.134. The molecule has 3 N–H and O–H groups in total.